The molecule has 0 fully saturated rings. The summed E-state index contributed by atoms with van der Waals surface area (Å²) in [5, 5.41) is 0. The first kappa shape index (κ1) is 14.9. The van der Waals surface area contributed by atoms with Crippen LogP contribution in [-0.4, -0.2) is 0 Å². The van der Waals surface area contributed by atoms with Gasteiger partial charge in [-0.1, -0.05) is 63.2 Å². The van der Waals surface area contributed by atoms with E-state index in [1.807, 2.05) is 39.0 Å². The lowest BCUT2D eigenvalue weighted by Gasteiger charge is -2.18. The largest absolute Gasteiger partial charge is 0.213 e. The van der Waals surface area contributed by atoms with Crippen molar-refractivity contribution < 1.29 is 7.31 Å². The van der Waals surface area contributed by atoms with E-state index in [1.54, 1.807) is 0 Å². The second-order valence-corrected chi connectivity index (χ2v) is 7.68. The fourth-order valence-corrected chi connectivity index (χ4v) is 3.09. The van der Waals surface area contributed by atoms with Crippen LogP contribution in [0.3, 0.4) is 0 Å². The summed E-state index contributed by atoms with van der Waals surface area (Å²) in [6.45, 7) is 7.95. The summed E-state index contributed by atoms with van der Waals surface area (Å²) in [7, 11) is 2.06. The number of rotatable bonds is 3. The molecule has 0 amide bonds. The molecule has 0 aliphatic rings. The molecule has 1 heterocycles. The van der Waals surface area contributed by atoms with Gasteiger partial charge >= 0.3 is 0 Å². The molecule has 0 radical (unpaired) electrons. The minimum Gasteiger partial charge on any atom is -0.201 e. The van der Waals surface area contributed by atoms with E-state index in [4.69, 9.17) is 2.74 Å². The molecule has 3 rings (SSSR count). The van der Waals surface area contributed by atoms with Gasteiger partial charge in [0.25, 0.3) is 0 Å². The van der Waals surface area contributed by atoms with Crippen LogP contribution in [0, 0.1) is 12.3 Å². The number of hydrogen-bond acceptors (Lipinski definition) is 0. The molecule has 0 saturated carbocycles. The average molecular weight is 333 g/mol. The third kappa shape index (κ3) is 4.17. The highest BCUT2D eigenvalue weighted by molar-refractivity contribution is 5.70. The van der Waals surface area contributed by atoms with Crippen LogP contribution in [0.2, 0.25) is 0 Å². The van der Waals surface area contributed by atoms with Crippen molar-refractivity contribution in [3.8, 4) is 22.4 Å². The van der Waals surface area contributed by atoms with Gasteiger partial charge in [-0.15, -0.1) is 0 Å². The third-order valence-electron chi connectivity index (χ3n) is 4.29. The van der Waals surface area contributed by atoms with E-state index in [0.717, 1.165) is 22.4 Å². The lowest BCUT2D eigenvalue weighted by molar-refractivity contribution is -0.660. The average Bonchev–Trinajstić information content (AvgIpc) is 2.62. The Hall–Kier alpha value is -2.41. The van der Waals surface area contributed by atoms with Crippen LogP contribution in [0.5, 0.6) is 0 Å². The van der Waals surface area contributed by atoms with Gasteiger partial charge in [-0.3, -0.25) is 0 Å². The molecule has 1 heteroatoms. The van der Waals surface area contributed by atoms with Crippen molar-refractivity contribution in [1.29, 1.82) is 0 Å². The van der Waals surface area contributed by atoms with Gasteiger partial charge < -0.3 is 0 Å². The first-order chi connectivity index (χ1) is 12.6. The minimum atomic E-state index is -1.40. The van der Waals surface area contributed by atoms with E-state index in [1.165, 1.54) is 11.1 Å². The van der Waals surface area contributed by atoms with Gasteiger partial charge in [0.1, 0.15) is 7.05 Å². The molecule has 0 N–H and O–H groups in total. The predicted octanol–water partition coefficient (Wildman–Crippen LogP) is 5.74. The molecule has 0 aliphatic carbocycles. The van der Waals surface area contributed by atoms with Crippen LogP contribution < -0.4 is 4.57 Å². The lowest BCUT2D eigenvalue weighted by Crippen LogP contribution is -2.30. The quantitative estimate of drug-likeness (QED) is 0.538. The maximum Gasteiger partial charge on any atom is 0.213 e. The number of nitrogens with zero attached hydrogens (tertiary/aromatic N) is 1. The Bertz CT molecular complexity index is 968. The van der Waals surface area contributed by atoms with Crippen molar-refractivity contribution in [3.63, 3.8) is 0 Å². The molecule has 128 valence electrons. The normalized spacial score (nSPS) is 13.3. The monoisotopic (exact) mass is 332 g/mol. The summed E-state index contributed by atoms with van der Waals surface area (Å²) in [6, 6.07) is 20.6. The summed E-state index contributed by atoms with van der Waals surface area (Å²) in [5.74, 6) is 0. The van der Waals surface area contributed by atoms with Crippen molar-refractivity contribution in [2.45, 2.75) is 34.1 Å². The van der Waals surface area contributed by atoms with E-state index in [-0.39, 0.29) is 0 Å². The first-order valence-corrected chi connectivity index (χ1v) is 8.78. The van der Waals surface area contributed by atoms with E-state index in [2.05, 4.69) is 67.2 Å². The maximum atomic E-state index is 8.58. The zero-order valence-corrected chi connectivity index (χ0v) is 15.8. The van der Waals surface area contributed by atoms with Crippen molar-refractivity contribution >= 4 is 0 Å². The number of aryl methyl sites for hydroxylation is 2. The van der Waals surface area contributed by atoms with Crippen LogP contribution in [0.25, 0.3) is 22.4 Å². The van der Waals surface area contributed by atoms with Crippen LogP contribution in [-0.2, 0) is 13.4 Å². The Morgan fingerprint density at radius 2 is 1.64 bits per heavy atom. The summed E-state index contributed by atoms with van der Waals surface area (Å²) >= 11 is 0. The molecule has 25 heavy (non-hydrogen) atoms. The third-order valence-corrected chi connectivity index (χ3v) is 4.29. The highest BCUT2D eigenvalue weighted by Gasteiger charge is 2.15. The summed E-state index contributed by atoms with van der Waals surface area (Å²) < 4.78 is 19.3. The van der Waals surface area contributed by atoms with Gasteiger partial charge in [-0.25, -0.2) is 4.57 Å². The molecule has 0 spiro atoms. The van der Waals surface area contributed by atoms with Crippen LogP contribution in [0.15, 0.2) is 66.9 Å². The second kappa shape index (κ2) is 6.84. The van der Waals surface area contributed by atoms with Crippen molar-refractivity contribution in [2.75, 3.05) is 0 Å². The number of pyridine rings is 1. The van der Waals surface area contributed by atoms with Crippen molar-refractivity contribution in [2.24, 2.45) is 12.5 Å². The molecule has 0 bridgehead atoms. The highest BCUT2D eigenvalue weighted by atomic mass is 14.9. The van der Waals surface area contributed by atoms with Crippen LogP contribution in [0.1, 0.15) is 34.6 Å². The van der Waals surface area contributed by atoms with Gasteiger partial charge in [0.05, 0.1) is 0 Å². The Labute approximate surface area is 154 Å². The van der Waals surface area contributed by atoms with Gasteiger partial charge in [-0.05, 0) is 47.0 Å². The fourth-order valence-electron chi connectivity index (χ4n) is 3.09. The smallest absolute Gasteiger partial charge is 0.201 e. The summed E-state index contributed by atoms with van der Waals surface area (Å²) in [5.41, 5.74) is 5.98. The SMILES string of the molecule is [2H]C([2H])(c1cccc(-c2cc[n+](C)c(-c3ccccc3C)c2)c1)C(C)(C)C. The zero-order valence-electron chi connectivity index (χ0n) is 17.8. The minimum absolute atomic E-state index is 0.471. The maximum absolute atomic E-state index is 8.58. The first-order valence-electron chi connectivity index (χ1n) is 9.78. The Morgan fingerprint density at radius 1 is 0.920 bits per heavy atom. The number of hydrogen-bond donors (Lipinski definition) is 0. The Kier molecular flexibility index (Phi) is 4.07. The summed E-state index contributed by atoms with van der Waals surface area (Å²) in [4.78, 5) is 0. The highest BCUT2D eigenvalue weighted by Crippen LogP contribution is 2.28. The van der Waals surface area contributed by atoms with Crippen molar-refractivity contribution in [1.82, 2.24) is 0 Å². The van der Waals surface area contributed by atoms with Gasteiger partial charge in [0.2, 0.25) is 5.69 Å². The van der Waals surface area contributed by atoms with Crippen LogP contribution in [0.4, 0.5) is 0 Å². The topological polar surface area (TPSA) is 3.88 Å². The van der Waals surface area contributed by atoms with Crippen molar-refractivity contribution in [3.05, 3.63) is 78.0 Å². The molecule has 1 nitrogen and oxygen atoms in total. The van der Waals surface area contributed by atoms with Gasteiger partial charge in [0, 0.05) is 20.4 Å². The number of benzene rings is 2. The predicted molar refractivity (Wildman–Crippen MR) is 106 cm³/mol. The van der Waals surface area contributed by atoms with E-state index in [0.29, 0.717) is 0 Å². The molecular weight excluding hydrogens is 302 g/mol. The Balaban J connectivity index is 2.10. The molecule has 0 saturated heterocycles. The van der Waals surface area contributed by atoms with Gasteiger partial charge in [0.15, 0.2) is 6.20 Å². The second-order valence-electron chi connectivity index (χ2n) is 7.68. The molecule has 0 atom stereocenters. The van der Waals surface area contributed by atoms with Crippen LogP contribution >= 0.6 is 0 Å². The lowest BCUT2D eigenvalue weighted by atomic mass is 9.87. The van der Waals surface area contributed by atoms with Gasteiger partial charge in [-0.2, -0.15) is 0 Å². The molecule has 0 aliphatic heterocycles. The van der Waals surface area contributed by atoms with E-state index >= 15 is 0 Å². The van der Waals surface area contributed by atoms with E-state index < -0.39 is 11.8 Å². The molecule has 2 aromatic carbocycles. The molecule has 1 aromatic heterocycles. The molecule has 0 unspecified atom stereocenters. The molecular formula is C24H28N+. The van der Waals surface area contributed by atoms with E-state index in [9.17, 15) is 0 Å². The zero-order chi connectivity index (χ0) is 19.8. The number of aromatic nitrogens is 1. The molecule has 3 aromatic rings. The Morgan fingerprint density at radius 3 is 2.36 bits per heavy atom. The fraction of sp³-hybridized carbons (Fsp3) is 0.292. The standard InChI is InChI=1S/C24H28N/c1-18-9-6-7-12-22(18)23-16-21(13-14-25(23)5)20-11-8-10-19(15-20)17-24(2,3)4/h6-16H,17H2,1-5H3/q+1/i17D2. The summed E-state index contributed by atoms with van der Waals surface area (Å²) in [6.07, 6.45) is 0.670.